The van der Waals surface area contributed by atoms with Gasteiger partial charge in [-0.05, 0) is 38.8 Å². The van der Waals surface area contributed by atoms with Gasteiger partial charge < -0.3 is 15.5 Å². The Balaban J connectivity index is 1.76. The smallest absolute Gasteiger partial charge is 0.268 e. The van der Waals surface area contributed by atoms with E-state index in [1.165, 1.54) is 24.2 Å². The van der Waals surface area contributed by atoms with Crippen LogP contribution in [-0.4, -0.2) is 49.0 Å². The quantitative estimate of drug-likeness (QED) is 0.894. The summed E-state index contributed by atoms with van der Waals surface area (Å²) in [6, 6.07) is 0.591. The number of hydrogen-bond donors (Lipinski definition) is 1. The maximum Gasteiger partial charge on any atom is 0.268 e. The van der Waals surface area contributed by atoms with Crippen LogP contribution in [0.4, 0.5) is 5.13 Å². The molecule has 2 heterocycles. The lowest BCUT2D eigenvalue weighted by Crippen LogP contribution is -2.36. The first-order chi connectivity index (χ1) is 9.06. The average Bonchev–Trinajstić information content (AvgIpc) is 2.93. The van der Waals surface area contributed by atoms with Crippen molar-refractivity contribution in [2.75, 3.05) is 32.1 Å². The Kier molecular flexibility index (Phi) is 3.22. The molecule has 1 aliphatic heterocycles. The molecule has 0 bridgehead atoms. The summed E-state index contributed by atoms with van der Waals surface area (Å²) in [6.45, 7) is 2.05. The molecule has 104 valence electrons. The van der Waals surface area contributed by atoms with E-state index in [9.17, 15) is 4.79 Å². The number of aromatic nitrogens is 1. The Bertz CT molecular complexity index is 473. The molecule has 2 atom stereocenters. The molecule has 1 saturated heterocycles. The largest absolute Gasteiger partial charge is 0.364 e. The molecule has 0 spiro atoms. The van der Waals surface area contributed by atoms with E-state index in [1.807, 2.05) is 0 Å². The van der Waals surface area contributed by atoms with Crippen LogP contribution in [0.15, 0.2) is 5.38 Å². The lowest BCUT2D eigenvalue weighted by Gasteiger charge is -2.24. The molecule has 2 N–H and O–H groups in total. The molecule has 5 nitrogen and oxygen atoms in total. The third kappa shape index (κ3) is 2.47. The van der Waals surface area contributed by atoms with E-state index in [1.54, 1.807) is 5.38 Å². The molecule has 1 amide bonds. The normalized spacial score (nSPS) is 27.2. The minimum atomic E-state index is -0.440. The van der Waals surface area contributed by atoms with E-state index < -0.39 is 5.91 Å². The SMILES string of the molecule is CN(C)[C@@H]1CN(c2nc(C(N)=O)cs2)C[C@H]1C1CC1. The van der Waals surface area contributed by atoms with Gasteiger partial charge in [0.1, 0.15) is 5.69 Å². The van der Waals surface area contributed by atoms with Crippen molar-refractivity contribution in [1.29, 1.82) is 0 Å². The number of primary amides is 1. The summed E-state index contributed by atoms with van der Waals surface area (Å²) in [5.74, 6) is 1.17. The first-order valence-corrected chi connectivity index (χ1v) is 7.61. The topological polar surface area (TPSA) is 62.5 Å². The van der Waals surface area contributed by atoms with Crippen LogP contribution in [0, 0.1) is 11.8 Å². The second-order valence-corrected chi connectivity index (χ2v) is 6.65. The molecule has 0 aromatic carbocycles. The molecule has 0 radical (unpaired) electrons. The standard InChI is InChI=1S/C13H20N4OS/c1-16(2)11-6-17(5-9(11)8-3-4-8)13-15-10(7-19-13)12(14)18/h7-9,11H,3-6H2,1-2H3,(H2,14,18)/t9-,11+/m0/s1. The van der Waals surface area contributed by atoms with Crippen LogP contribution >= 0.6 is 11.3 Å². The van der Waals surface area contributed by atoms with E-state index in [0.717, 1.165) is 30.1 Å². The molecular formula is C13H20N4OS. The van der Waals surface area contributed by atoms with Gasteiger partial charge in [-0.3, -0.25) is 4.79 Å². The van der Waals surface area contributed by atoms with E-state index in [4.69, 9.17) is 5.73 Å². The highest BCUT2D eigenvalue weighted by Crippen LogP contribution is 2.43. The number of nitrogens with two attached hydrogens (primary N) is 1. The molecule has 2 fully saturated rings. The van der Waals surface area contributed by atoms with Gasteiger partial charge in [0.25, 0.3) is 5.91 Å². The Hall–Kier alpha value is -1.14. The number of likely N-dealkylation sites (N-methyl/N-ethyl adjacent to an activating group) is 1. The Morgan fingerprint density at radius 1 is 1.47 bits per heavy atom. The zero-order chi connectivity index (χ0) is 13.6. The van der Waals surface area contributed by atoms with Crippen LogP contribution in [0.1, 0.15) is 23.3 Å². The van der Waals surface area contributed by atoms with Crippen molar-refractivity contribution < 1.29 is 4.79 Å². The predicted molar refractivity (Wildman–Crippen MR) is 76.5 cm³/mol. The van der Waals surface area contributed by atoms with Crippen molar-refractivity contribution in [3.63, 3.8) is 0 Å². The first-order valence-electron chi connectivity index (χ1n) is 6.73. The van der Waals surface area contributed by atoms with Gasteiger partial charge in [-0.25, -0.2) is 4.98 Å². The van der Waals surface area contributed by atoms with Crippen LogP contribution < -0.4 is 10.6 Å². The zero-order valence-corrected chi connectivity index (χ0v) is 12.2. The summed E-state index contributed by atoms with van der Waals surface area (Å²) in [7, 11) is 4.31. The van der Waals surface area contributed by atoms with Gasteiger partial charge in [-0.2, -0.15) is 0 Å². The minimum Gasteiger partial charge on any atom is -0.364 e. The van der Waals surface area contributed by atoms with Crippen LogP contribution in [0.25, 0.3) is 0 Å². The van der Waals surface area contributed by atoms with Crippen molar-refractivity contribution in [3.05, 3.63) is 11.1 Å². The van der Waals surface area contributed by atoms with Crippen LogP contribution in [-0.2, 0) is 0 Å². The molecule has 1 aromatic heterocycles. The second-order valence-electron chi connectivity index (χ2n) is 5.82. The van der Waals surface area contributed by atoms with Crippen LogP contribution in [0.3, 0.4) is 0 Å². The van der Waals surface area contributed by atoms with Gasteiger partial charge in [-0.1, -0.05) is 0 Å². The monoisotopic (exact) mass is 280 g/mol. The summed E-state index contributed by atoms with van der Waals surface area (Å²) in [5, 5.41) is 2.69. The molecule has 1 aromatic rings. The zero-order valence-electron chi connectivity index (χ0n) is 11.4. The number of thiazole rings is 1. The third-order valence-corrected chi connectivity index (χ3v) is 5.14. The number of amides is 1. The van der Waals surface area contributed by atoms with E-state index in [-0.39, 0.29) is 0 Å². The minimum absolute atomic E-state index is 0.385. The number of nitrogens with zero attached hydrogens (tertiary/aromatic N) is 3. The fraction of sp³-hybridized carbons (Fsp3) is 0.692. The van der Waals surface area contributed by atoms with Crippen LogP contribution in [0.2, 0.25) is 0 Å². The van der Waals surface area contributed by atoms with Crippen molar-refractivity contribution in [2.45, 2.75) is 18.9 Å². The van der Waals surface area contributed by atoms with E-state index in [2.05, 4.69) is 28.9 Å². The summed E-state index contributed by atoms with van der Waals surface area (Å²) < 4.78 is 0. The Morgan fingerprint density at radius 3 is 2.74 bits per heavy atom. The lowest BCUT2D eigenvalue weighted by molar-refractivity contribution is 0.0996. The van der Waals surface area contributed by atoms with E-state index in [0.29, 0.717) is 11.7 Å². The van der Waals surface area contributed by atoms with Crippen LogP contribution in [0.5, 0.6) is 0 Å². The number of carbonyl (C=O) groups is 1. The second kappa shape index (κ2) is 4.76. The van der Waals surface area contributed by atoms with E-state index >= 15 is 0 Å². The Labute approximate surface area is 117 Å². The molecule has 1 aliphatic carbocycles. The molecule has 3 rings (SSSR count). The summed E-state index contributed by atoms with van der Waals surface area (Å²) in [6.07, 6.45) is 2.74. The van der Waals surface area contributed by atoms with Gasteiger partial charge >= 0.3 is 0 Å². The van der Waals surface area contributed by atoms with Gasteiger partial charge in [0, 0.05) is 24.5 Å². The highest BCUT2D eigenvalue weighted by Gasteiger charge is 2.43. The number of rotatable bonds is 4. The third-order valence-electron chi connectivity index (χ3n) is 4.24. The highest BCUT2D eigenvalue weighted by atomic mass is 32.1. The van der Waals surface area contributed by atoms with Crippen molar-refractivity contribution in [1.82, 2.24) is 9.88 Å². The molecule has 19 heavy (non-hydrogen) atoms. The number of anilines is 1. The lowest BCUT2D eigenvalue weighted by atomic mass is 9.97. The maximum absolute atomic E-state index is 11.1. The number of hydrogen-bond acceptors (Lipinski definition) is 5. The van der Waals surface area contributed by atoms with Gasteiger partial charge in [0.2, 0.25) is 0 Å². The molecular weight excluding hydrogens is 260 g/mol. The Morgan fingerprint density at radius 2 is 2.21 bits per heavy atom. The van der Waals surface area contributed by atoms with Crippen molar-refractivity contribution >= 4 is 22.4 Å². The maximum atomic E-state index is 11.1. The van der Waals surface area contributed by atoms with Crippen molar-refractivity contribution in [2.24, 2.45) is 17.6 Å². The average molecular weight is 280 g/mol. The van der Waals surface area contributed by atoms with Gasteiger partial charge in [-0.15, -0.1) is 11.3 Å². The summed E-state index contributed by atoms with van der Waals surface area (Å²) >= 11 is 1.52. The molecule has 0 unspecified atom stereocenters. The molecule has 6 heteroatoms. The molecule has 2 aliphatic rings. The fourth-order valence-corrected chi connectivity index (χ4v) is 3.86. The van der Waals surface area contributed by atoms with Gasteiger partial charge in [0.05, 0.1) is 0 Å². The summed E-state index contributed by atoms with van der Waals surface area (Å²) in [4.78, 5) is 20.1. The van der Waals surface area contributed by atoms with Gasteiger partial charge in [0.15, 0.2) is 5.13 Å². The fourth-order valence-electron chi connectivity index (χ4n) is 3.02. The van der Waals surface area contributed by atoms with Crippen molar-refractivity contribution in [3.8, 4) is 0 Å². The highest BCUT2D eigenvalue weighted by molar-refractivity contribution is 7.13. The molecule has 1 saturated carbocycles. The summed E-state index contributed by atoms with van der Waals surface area (Å²) in [5.41, 5.74) is 5.65. The predicted octanol–water partition coefficient (Wildman–Crippen LogP) is 1.02. The number of carbonyl (C=O) groups excluding carboxylic acids is 1. The first kappa shape index (κ1) is 12.9.